The summed E-state index contributed by atoms with van der Waals surface area (Å²) < 4.78 is 5.77. The first-order valence-electron chi connectivity index (χ1n) is 9.09. The van der Waals surface area contributed by atoms with Gasteiger partial charge < -0.3 is 14.8 Å². The number of rotatable bonds is 4. The molecule has 3 aromatic carbocycles. The number of oxazole rings is 1. The first-order chi connectivity index (χ1) is 14.3. The molecule has 0 saturated heterocycles. The fraction of sp³-hybridized carbons (Fsp3) is 0.0909. The van der Waals surface area contributed by atoms with Crippen molar-refractivity contribution in [2.75, 3.05) is 5.32 Å². The van der Waals surface area contributed by atoms with Gasteiger partial charge in [0, 0.05) is 29.4 Å². The molecule has 0 spiro atoms. The Morgan fingerprint density at radius 2 is 1.87 bits per heavy atom. The molecule has 1 heterocycles. The molecule has 0 bridgehead atoms. The second-order valence-electron chi connectivity index (χ2n) is 6.92. The third-order valence-corrected chi connectivity index (χ3v) is 4.81. The van der Waals surface area contributed by atoms with Crippen molar-refractivity contribution < 1.29 is 19.2 Å². The summed E-state index contributed by atoms with van der Waals surface area (Å²) in [7, 11) is 0. The highest BCUT2D eigenvalue weighted by Gasteiger charge is 2.16. The minimum absolute atomic E-state index is 0.119. The maximum absolute atomic E-state index is 12.4. The minimum atomic E-state index is -0.569. The van der Waals surface area contributed by atoms with E-state index in [1.54, 1.807) is 12.1 Å². The average molecular weight is 403 g/mol. The maximum atomic E-state index is 12.4. The van der Waals surface area contributed by atoms with Crippen LogP contribution in [0.1, 0.15) is 21.5 Å². The number of benzene rings is 3. The Bertz CT molecular complexity index is 1270. The van der Waals surface area contributed by atoms with E-state index in [1.165, 1.54) is 30.3 Å². The zero-order chi connectivity index (χ0) is 21.4. The summed E-state index contributed by atoms with van der Waals surface area (Å²) in [5, 5.41) is 23.9. The molecule has 0 radical (unpaired) electrons. The smallest absolute Gasteiger partial charge is 0.270 e. The fourth-order valence-electron chi connectivity index (χ4n) is 3.05. The van der Waals surface area contributed by atoms with Gasteiger partial charge in [-0.25, -0.2) is 4.98 Å². The zero-order valence-electron chi connectivity index (χ0n) is 16.2. The summed E-state index contributed by atoms with van der Waals surface area (Å²) in [5.74, 6) is -0.380. The fourth-order valence-corrected chi connectivity index (χ4v) is 3.05. The summed E-state index contributed by atoms with van der Waals surface area (Å²) in [6, 6.07) is 13.8. The topological polar surface area (TPSA) is 118 Å². The number of phenolic OH excluding ortho intramolecular Hbond substituents is 1. The van der Waals surface area contributed by atoms with E-state index in [9.17, 15) is 20.0 Å². The molecule has 4 rings (SSSR count). The lowest BCUT2D eigenvalue weighted by Crippen LogP contribution is -2.12. The van der Waals surface area contributed by atoms with Gasteiger partial charge in [-0.2, -0.15) is 0 Å². The van der Waals surface area contributed by atoms with Crippen molar-refractivity contribution >= 4 is 28.4 Å². The van der Waals surface area contributed by atoms with E-state index in [2.05, 4.69) is 10.3 Å². The second kappa shape index (κ2) is 7.32. The predicted octanol–water partition coefficient (Wildman–Crippen LogP) is 4.98. The van der Waals surface area contributed by atoms with Crippen molar-refractivity contribution in [1.29, 1.82) is 0 Å². The molecule has 8 heteroatoms. The van der Waals surface area contributed by atoms with Crippen LogP contribution in [-0.2, 0) is 0 Å². The Morgan fingerprint density at radius 3 is 2.60 bits per heavy atom. The lowest BCUT2D eigenvalue weighted by Gasteiger charge is -2.07. The largest absolute Gasteiger partial charge is 0.507 e. The van der Waals surface area contributed by atoms with Crippen LogP contribution < -0.4 is 5.32 Å². The molecule has 0 unspecified atom stereocenters. The Hall–Kier alpha value is -4.20. The highest BCUT2D eigenvalue weighted by atomic mass is 16.6. The molecule has 0 aliphatic carbocycles. The van der Waals surface area contributed by atoms with Crippen LogP contribution in [0.5, 0.6) is 5.75 Å². The standard InChI is InChI=1S/C22H17N3O5/c1-12-8-18-20(9-13(12)2)30-22(24-18)17-7-6-15(11-19(17)26)23-21(27)14-4-3-5-16(10-14)25(28)29/h3-11,26H,1-2H3,(H,23,27). The molecule has 0 fully saturated rings. The van der Waals surface area contributed by atoms with E-state index in [4.69, 9.17) is 4.42 Å². The van der Waals surface area contributed by atoms with Gasteiger partial charge in [-0.3, -0.25) is 14.9 Å². The Kier molecular flexibility index (Phi) is 4.67. The number of hydrogen-bond acceptors (Lipinski definition) is 6. The van der Waals surface area contributed by atoms with Gasteiger partial charge in [0.1, 0.15) is 11.3 Å². The van der Waals surface area contributed by atoms with Crippen LogP contribution in [-0.4, -0.2) is 20.9 Å². The van der Waals surface area contributed by atoms with Crippen LogP contribution >= 0.6 is 0 Å². The highest BCUT2D eigenvalue weighted by Crippen LogP contribution is 2.34. The first-order valence-corrected chi connectivity index (χ1v) is 9.09. The van der Waals surface area contributed by atoms with Crippen LogP contribution in [0.25, 0.3) is 22.6 Å². The molecule has 8 nitrogen and oxygen atoms in total. The van der Waals surface area contributed by atoms with Gasteiger partial charge in [0.25, 0.3) is 11.6 Å². The summed E-state index contributed by atoms with van der Waals surface area (Å²) in [5.41, 5.74) is 4.15. The lowest BCUT2D eigenvalue weighted by atomic mass is 10.1. The number of nitrogens with one attached hydrogen (secondary N) is 1. The number of carbonyl (C=O) groups excluding carboxylic acids is 1. The van der Waals surface area contributed by atoms with Gasteiger partial charge in [-0.1, -0.05) is 6.07 Å². The monoisotopic (exact) mass is 403 g/mol. The number of phenols is 1. The number of hydrogen-bond donors (Lipinski definition) is 2. The number of amides is 1. The lowest BCUT2D eigenvalue weighted by molar-refractivity contribution is -0.384. The summed E-state index contributed by atoms with van der Waals surface area (Å²) in [6.07, 6.45) is 0. The number of carbonyl (C=O) groups is 1. The minimum Gasteiger partial charge on any atom is -0.507 e. The summed E-state index contributed by atoms with van der Waals surface area (Å²) >= 11 is 0. The molecular formula is C22H17N3O5. The number of nitro benzene ring substituents is 1. The van der Waals surface area contributed by atoms with Gasteiger partial charge in [-0.15, -0.1) is 0 Å². The van der Waals surface area contributed by atoms with Crippen LogP contribution in [0.15, 0.2) is 59.0 Å². The number of nitrogens with zero attached hydrogens (tertiary/aromatic N) is 2. The van der Waals surface area contributed by atoms with Crippen LogP contribution in [0.2, 0.25) is 0 Å². The second-order valence-corrected chi connectivity index (χ2v) is 6.92. The number of aromatic nitrogens is 1. The van der Waals surface area contributed by atoms with Gasteiger partial charge in [0.15, 0.2) is 5.58 Å². The van der Waals surface area contributed by atoms with E-state index in [0.29, 0.717) is 22.4 Å². The SMILES string of the molecule is Cc1cc2nc(-c3ccc(NC(=O)c4cccc([N+](=O)[O-])c4)cc3O)oc2cc1C. The molecule has 0 aliphatic heterocycles. The first kappa shape index (κ1) is 19.1. The van der Waals surface area contributed by atoms with Crippen molar-refractivity contribution in [3.05, 3.63) is 81.4 Å². The number of anilines is 1. The van der Waals surface area contributed by atoms with Crippen molar-refractivity contribution in [1.82, 2.24) is 4.98 Å². The number of fused-ring (bicyclic) bond motifs is 1. The molecule has 150 valence electrons. The van der Waals surface area contributed by atoms with Gasteiger partial charge in [0.05, 0.1) is 10.5 Å². The van der Waals surface area contributed by atoms with Crippen molar-refractivity contribution in [3.8, 4) is 17.2 Å². The number of non-ortho nitro benzene ring substituents is 1. The number of aryl methyl sites for hydroxylation is 2. The molecule has 30 heavy (non-hydrogen) atoms. The highest BCUT2D eigenvalue weighted by molar-refractivity contribution is 6.04. The normalized spacial score (nSPS) is 10.9. The molecule has 4 aromatic rings. The Labute approximate surface area is 170 Å². The third kappa shape index (κ3) is 3.58. The molecule has 0 saturated carbocycles. The molecule has 0 aliphatic rings. The van der Waals surface area contributed by atoms with Gasteiger partial charge in [0.2, 0.25) is 5.89 Å². The van der Waals surface area contributed by atoms with E-state index < -0.39 is 10.8 Å². The Balaban J connectivity index is 1.60. The van der Waals surface area contributed by atoms with E-state index in [1.807, 2.05) is 26.0 Å². The van der Waals surface area contributed by atoms with Crippen LogP contribution in [0.3, 0.4) is 0 Å². The van der Waals surface area contributed by atoms with E-state index in [-0.39, 0.29) is 22.9 Å². The quantitative estimate of drug-likeness (QED) is 0.366. The molecule has 0 atom stereocenters. The molecule has 2 N–H and O–H groups in total. The average Bonchev–Trinajstić information content (AvgIpc) is 3.10. The van der Waals surface area contributed by atoms with Crippen molar-refractivity contribution in [2.24, 2.45) is 0 Å². The maximum Gasteiger partial charge on any atom is 0.270 e. The van der Waals surface area contributed by atoms with Crippen molar-refractivity contribution in [3.63, 3.8) is 0 Å². The Morgan fingerprint density at radius 1 is 1.10 bits per heavy atom. The predicted molar refractivity (Wildman–Crippen MR) is 112 cm³/mol. The summed E-state index contributed by atoms with van der Waals surface area (Å²) in [4.78, 5) is 27.1. The van der Waals surface area contributed by atoms with Crippen molar-refractivity contribution in [2.45, 2.75) is 13.8 Å². The molecular weight excluding hydrogens is 386 g/mol. The van der Waals surface area contributed by atoms with Crippen LogP contribution in [0.4, 0.5) is 11.4 Å². The zero-order valence-corrected chi connectivity index (χ0v) is 16.2. The number of nitro groups is 1. The number of aromatic hydroxyl groups is 1. The molecule has 1 amide bonds. The third-order valence-electron chi connectivity index (χ3n) is 4.81. The summed E-state index contributed by atoms with van der Waals surface area (Å²) in [6.45, 7) is 3.96. The van der Waals surface area contributed by atoms with E-state index in [0.717, 1.165) is 11.1 Å². The van der Waals surface area contributed by atoms with E-state index >= 15 is 0 Å². The van der Waals surface area contributed by atoms with Crippen LogP contribution in [0, 0.1) is 24.0 Å². The van der Waals surface area contributed by atoms with Gasteiger partial charge >= 0.3 is 0 Å². The van der Waals surface area contributed by atoms with Gasteiger partial charge in [-0.05, 0) is 55.3 Å². The molecule has 1 aromatic heterocycles.